The Balaban J connectivity index is 3.44. The summed E-state index contributed by atoms with van der Waals surface area (Å²) in [5.74, 6) is 0.982. The summed E-state index contributed by atoms with van der Waals surface area (Å²) >= 11 is 3.64. The van der Waals surface area contributed by atoms with Gasteiger partial charge in [-0.1, -0.05) is 15.9 Å². The normalized spacial score (nSPS) is 12.7. The Kier molecular flexibility index (Phi) is 4.39. The maximum absolute atomic E-state index is 5.88. The minimum Gasteiger partial charge on any atom is -0.496 e. The van der Waals surface area contributed by atoms with E-state index in [1.165, 1.54) is 26.7 Å². The molecule has 0 bridgehead atoms. The predicted octanol–water partition coefficient (Wildman–Crippen LogP) is 3.27. The topological polar surface area (TPSA) is 35.2 Å². The lowest BCUT2D eigenvalue weighted by Crippen LogP contribution is -2.19. The molecule has 0 aliphatic carbocycles. The van der Waals surface area contributed by atoms with Gasteiger partial charge in [-0.2, -0.15) is 0 Å². The number of ether oxygens (including phenoxy) is 1. The van der Waals surface area contributed by atoms with E-state index in [4.69, 9.17) is 10.5 Å². The average Bonchev–Trinajstić information content (AvgIpc) is 2.23. The Labute approximate surface area is 106 Å². The highest BCUT2D eigenvalue weighted by molar-refractivity contribution is 9.10. The van der Waals surface area contributed by atoms with Gasteiger partial charge in [-0.25, -0.2) is 0 Å². The zero-order chi connectivity index (χ0) is 12.5. The smallest absolute Gasteiger partial charge is 0.125 e. The van der Waals surface area contributed by atoms with Crippen molar-refractivity contribution in [3.05, 3.63) is 26.7 Å². The van der Waals surface area contributed by atoms with Gasteiger partial charge in [0, 0.05) is 10.5 Å². The average molecular weight is 286 g/mol. The van der Waals surface area contributed by atoms with Crippen molar-refractivity contribution in [3.8, 4) is 5.75 Å². The van der Waals surface area contributed by atoms with Crippen molar-refractivity contribution in [2.45, 2.75) is 40.2 Å². The molecule has 90 valence electrons. The molecule has 0 aliphatic rings. The van der Waals surface area contributed by atoms with E-state index >= 15 is 0 Å². The maximum atomic E-state index is 5.88. The van der Waals surface area contributed by atoms with E-state index in [0.717, 1.165) is 12.2 Å². The summed E-state index contributed by atoms with van der Waals surface area (Å²) in [4.78, 5) is 0. The van der Waals surface area contributed by atoms with E-state index in [2.05, 4.69) is 36.7 Å². The third-order valence-corrected chi connectivity index (χ3v) is 4.21. The van der Waals surface area contributed by atoms with Crippen LogP contribution in [0.4, 0.5) is 0 Å². The molecule has 0 fully saturated rings. The van der Waals surface area contributed by atoms with Crippen LogP contribution in [0.25, 0.3) is 0 Å². The Morgan fingerprint density at radius 1 is 1.19 bits per heavy atom. The summed E-state index contributed by atoms with van der Waals surface area (Å²) < 4.78 is 6.69. The van der Waals surface area contributed by atoms with Crippen LogP contribution in [0.5, 0.6) is 5.75 Å². The highest BCUT2D eigenvalue weighted by atomic mass is 79.9. The first-order chi connectivity index (χ1) is 7.40. The van der Waals surface area contributed by atoms with Gasteiger partial charge in [0.05, 0.1) is 7.11 Å². The molecule has 0 amide bonds. The Morgan fingerprint density at radius 3 is 2.19 bits per heavy atom. The molecule has 0 radical (unpaired) electrons. The number of methoxy groups -OCH3 is 1. The molecule has 1 unspecified atom stereocenters. The third-order valence-electron chi connectivity index (χ3n) is 3.02. The summed E-state index contributed by atoms with van der Waals surface area (Å²) in [6.45, 7) is 8.31. The number of hydrogen-bond donors (Lipinski definition) is 1. The second-order valence-electron chi connectivity index (χ2n) is 4.38. The zero-order valence-corrected chi connectivity index (χ0v) is 12.2. The van der Waals surface area contributed by atoms with Gasteiger partial charge in [-0.15, -0.1) is 0 Å². The van der Waals surface area contributed by atoms with Crippen molar-refractivity contribution < 1.29 is 4.74 Å². The number of hydrogen-bond acceptors (Lipinski definition) is 2. The fraction of sp³-hybridized carbons (Fsp3) is 0.538. The Morgan fingerprint density at radius 2 is 1.75 bits per heavy atom. The molecule has 0 spiro atoms. The van der Waals surface area contributed by atoms with Crippen LogP contribution in [0, 0.1) is 20.8 Å². The Hall–Kier alpha value is -0.540. The highest BCUT2D eigenvalue weighted by Gasteiger charge is 2.17. The van der Waals surface area contributed by atoms with Crippen molar-refractivity contribution in [1.29, 1.82) is 0 Å². The molecule has 0 saturated heterocycles. The molecule has 0 saturated carbocycles. The van der Waals surface area contributed by atoms with E-state index in [0.29, 0.717) is 0 Å². The predicted molar refractivity (Wildman–Crippen MR) is 72.3 cm³/mol. The lowest BCUT2D eigenvalue weighted by Gasteiger charge is -2.20. The van der Waals surface area contributed by atoms with Crippen LogP contribution < -0.4 is 10.5 Å². The summed E-state index contributed by atoms with van der Waals surface area (Å²) in [6.07, 6.45) is 0.842. The van der Waals surface area contributed by atoms with Crippen LogP contribution in [0.3, 0.4) is 0 Å². The van der Waals surface area contributed by atoms with Crippen LogP contribution in [0.1, 0.15) is 29.2 Å². The number of halogens is 1. The maximum Gasteiger partial charge on any atom is 0.125 e. The molecule has 0 aromatic heterocycles. The lowest BCUT2D eigenvalue weighted by molar-refractivity contribution is 0.404. The molecule has 2 N–H and O–H groups in total. The van der Waals surface area contributed by atoms with Gasteiger partial charge in [0.1, 0.15) is 5.75 Å². The quantitative estimate of drug-likeness (QED) is 0.925. The highest BCUT2D eigenvalue weighted by Crippen LogP contribution is 2.36. The summed E-state index contributed by atoms with van der Waals surface area (Å²) in [5, 5.41) is 0. The molecule has 1 aromatic rings. The van der Waals surface area contributed by atoms with Gasteiger partial charge >= 0.3 is 0 Å². The second-order valence-corrected chi connectivity index (χ2v) is 5.18. The van der Waals surface area contributed by atoms with E-state index in [-0.39, 0.29) is 6.04 Å². The molecule has 3 heteroatoms. The molecule has 0 heterocycles. The van der Waals surface area contributed by atoms with Crippen LogP contribution in [0.15, 0.2) is 4.47 Å². The van der Waals surface area contributed by atoms with Crippen molar-refractivity contribution in [3.63, 3.8) is 0 Å². The van der Waals surface area contributed by atoms with Crippen molar-refractivity contribution in [1.82, 2.24) is 0 Å². The van der Waals surface area contributed by atoms with Gasteiger partial charge in [0.15, 0.2) is 0 Å². The molecule has 1 rings (SSSR count). The SMILES string of the molecule is COc1c(C)c(C)c(Br)c(C)c1CC(C)N. The fourth-order valence-corrected chi connectivity index (χ4v) is 2.53. The van der Waals surface area contributed by atoms with Gasteiger partial charge < -0.3 is 10.5 Å². The van der Waals surface area contributed by atoms with E-state index in [9.17, 15) is 0 Å². The molecule has 2 nitrogen and oxygen atoms in total. The number of rotatable bonds is 3. The summed E-state index contributed by atoms with van der Waals surface area (Å²) in [7, 11) is 1.72. The molecular weight excluding hydrogens is 266 g/mol. The minimum atomic E-state index is 0.140. The summed E-state index contributed by atoms with van der Waals surface area (Å²) in [6, 6.07) is 0.140. The van der Waals surface area contributed by atoms with Crippen molar-refractivity contribution in [2.24, 2.45) is 5.73 Å². The molecule has 1 atom stereocenters. The monoisotopic (exact) mass is 285 g/mol. The first-order valence-electron chi connectivity index (χ1n) is 5.47. The minimum absolute atomic E-state index is 0.140. The number of nitrogens with two attached hydrogens (primary N) is 1. The van der Waals surface area contributed by atoms with Crippen LogP contribution in [-0.2, 0) is 6.42 Å². The first kappa shape index (κ1) is 13.5. The third kappa shape index (κ3) is 2.41. The van der Waals surface area contributed by atoms with Crippen molar-refractivity contribution in [2.75, 3.05) is 7.11 Å². The van der Waals surface area contributed by atoms with E-state index < -0.39 is 0 Å². The van der Waals surface area contributed by atoms with Crippen LogP contribution in [0.2, 0.25) is 0 Å². The fourth-order valence-electron chi connectivity index (χ4n) is 1.99. The first-order valence-corrected chi connectivity index (χ1v) is 6.27. The standard InChI is InChI=1S/C13H20BrNO/c1-7(15)6-11-10(4)12(14)8(2)9(3)13(11)16-5/h7H,6,15H2,1-5H3. The van der Waals surface area contributed by atoms with Crippen LogP contribution >= 0.6 is 15.9 Å². The van der Waals surface area contributed by atoms with Crippen LogP contribution in [-0.4, -0.2) is 13.2 Å². The van der Waals surface area contributed by atoms with Gasteiger partial charge in [0.25, 0.3) is 0 Å². The number of benzene rings is 1. The van der Waals surface area contributed by atoms with Gasteiger partial charge in [-0.05, 0) is 56.4 Å². The largest absolute Gasteiger partial charge is 0.496 e. The summed E-state index contributed by atoms with van der Waals surface area (Å²) in [5.41, 5.74) is 10.8. The molecule has 16 heavy (non-hydrogen) atoms. The second kappa shape index (κ2) is 5.19. The van der Waals surface area contributed by atoms with Gasteiger partial charge in [0.2, 0.25) is 0 Å². The molecule has 0 aliphatic heterocycles. The molecular formula is C13H20BrNO. The zero-order valence-electron chi connectivity index (χ0n) is 10.6. The molecule has 1 aromatic carbocycles. The Bertz CT molecular complexity index is 400. The van der Waals surface area contributed by atoms with E-state index in [1.807, 2.05) is 6.92 Å². The van der Waals surface area contributed by atoms with E-state index in [1.54, 1.807) is 7.11 Å². The van der Waals surface area contributed by atoms with Gasteiger partial charge in [-0.3, -0.25) is 0 Å². The van der Waals surface area contributed by atoms with Crippen molar-refractivity contribution >= 4 is 15.9 Å². The lowest BCUT2D eigenvalue weighted by atomic mass is 9.95.